The van der Waals surface area contributed by atoms with Gasteiger partial charge in [0.15, 0.2) is 0 Å². The minimum atomic E-state index is -0.209. The Morgan fingerprint density at radius 1 is 1.47 bits per heavy atom. The first-order chi connectivity index (χ1) is 7.92. The number of hydrogen-bond donors (Lipinski definition) is 2. The number of amides is 1. The maximum absolute atomic E-state index is 12.3. The van der Waals surface area contributed by atoms with Gasteiger partial charge in [0.05, 0.1) is 10.6 Å². The largest absolute Gasteiger partial charge is 0.340 e. The van der Waals surface area contributed by atoms with Crippen molar-refractivity contribution in [2.75, 3.05) is 19.6 Å². The van der Waals surface area contributed by atoms with Crippen LogP contribution in [-0.4, -0.2) is 41.0 Å². The van der Waals surface area contributed by atoms with E-state index >= 15 is 0 Å². The molecule has 1 saturated heterocycles. The van der Waals surface area contributed by atoms with Crippen LogP contribution in [0.3, 0.4) is 0 Å². The zero-order chi connectivity index (χ0) is 12.6. The monoisotopic (exact) mass is 275 g/mol. The number of carbonyl (C=O) groups excluding carboxylic acids is 1. The Morgan fingerprint density at radius 3 is 2.71 bits per heavy atom. The Morgan fingerprint density at radius 2 is 2.18 bits per heavy atom. The molecule has 2 N–H and O–H groups in total. The summed E-state index contributed by atoms with van der Waals surface area (Å²) >= 11 is 11.7. The third-order valence-corrected chi connectivity index (χ3v) is 3.69. The Kier molecular flexibility index (Phi) is 3.39. The third kappa shape index (κ3) is 2.44. The Balaban J connectivity index is 2.24. The number of nitrogens with one attached hydrogen (secondary N) is 2. The van der Waals surface area contributed by atoms with Gasteiger partial charge in [-0.1, -0.05) is 23.2 Å². The van der Waals surface area contributed by atoms with Crippen molar-refractivity contribution < 1.29 is 4.79 Å². The van der Waals surface area contributed by atoms with Crippen molar-refractivity contribution in [1.82, 2.24) is 15.2 Å². The summed E-state index contributed by atoms with van der Waals surface area (Å²) in [6.45, 7) is 6.32. The van der Waals surface area contributed by atoms with E-state index < -0.39 is 0 Å². The van der Waals surface area contributed by atoms with Crippen LogP contribution in [0.2, 0.25) is 10.2 Å². The summed E-state index contributed by atoms with van der Waals surface area (Å²) in [5, 5.41) is 3.96. The van der Waals surface area contributed by atoms with Gasteiger partial charge in [0.1, 0.15) is 10.8 Å². The average molecular weight is 276 g/mol. The fourth-order valence-corrected chi connectivity index (χ4v) is 2.34. The average Bonchev–Trinajstić information content (AvgIpc) is 2.58. The molecule has 1 aliphatic heterocycles. The summed E-state index contributed by atoms with van der Waals surface area (Å²) in [6.07, 6.45) is 0. The second kappa shape index (κ2) is 4.52. The van der Waals surface area contributed by atoms with Crippen LogP contribution in [-0.2, 0) is 0 Å². The molecule has 1 amide bonds. The van der Waals surface area contributed by atoms with Gasteiger partial charge in [-0.3, -0.25) is 4.79 Å². The van der Waals surface area contributed by atoms with Crippen molar-refractivity contribution in [3.63, 3.8) is 0 Å². The van der Waals surface area contributed by atoms with Crippen molar-refractivity contribution in [3.05, 3.63) is 21.9 Å². The molecule has 17 heavy (non-hydrogen) atoms. The number of carbonyl (C=O) groups is 1. The predicted octanol–water partition coefficient (Wildman–Crippen LogP) is 2.15. The highest BCUT2D eigenvalue weighted by Gasteiger charge is 2.34. The number of hydrogen-bond acceptors (Lipinski definition) is 2. The van der Waals surface area contributed by atoms with Crippen molar-refractivity contribution in [2.45, 2.75) is 19.4 Å². The third-order valence-electron chi connectivity index (χ3n) is 3.00. The summed E-state index contributed by atoms with van der Waals surface area (Å²) in [6, 6.07) is 1.57. The second-order valence-electron chi connectivity index (χ2n) is 4.79. The standard InChI is InChI=1S/C11H15Cl2N3O/c1-11(2)6-14-3-4-16(11)10(17)8-5-7(12)9(13)15-8/h5,14-15H,3-4,6H2,1-2H3. The molecule has 2 heterocycles. The molecule has 1 aliphatic rings. The number of nitrogens with zero attached hydrogens (tertiary/aromatic N) is 1. The molecule has 1 aromatic heterocycles. The highest BCUT2D eigenvalue weighted by atomic mass is 35.5. The van der Waals surface area contributed by atoms with Crippen molar-refractivity contribution >= 4 is 29.1 Å². The van der Waals surface area contributed by atoms with Crippen LogP contribution in [0.15, 0.2) is 6.07 Å². The van der Waals surface area contributed by atoms with Crippen molar-refractivity contribution in [3.8, 4) is 0 Å². The van der Waals surface area contributed by atoms with Crippen LogP contribution in [0, 0.1) is 0 Å². The second-order valence-corrected chi connectivity index (χ2v) is 5.58. The van der Waals surface area contributed by atoms with Crippen LogP contribution < -0.4 is 5.32 Å². The first-order valence-electron chi connectivity index (χ1n) is 5.48. The molecule has 4 nitrogen and oxygen atoms in total. The Bertz CT molecular complexity index is 422. The predicted molar refractivity (Wildman–Crippen MR) is 68.8 cm³/mol. The molecule has 0 aromatic carbocycles. The lowest BCUT2D eigenvalue weighted by atomic mass is 10.00. The topological polar surface area (TPSA) is 48.1 Å². The Labute approximate surface area is 110 Å². The van der Waals surface area contributed by atoms with Gasteiger partial charge >= 0.3 is 0 Å². The first kappa shape index (κ1) is 12.7. The summed E-state index contributed by atoms with van der Waals surface area (Å²) < 4.78 is 0. The van der Waals surface area contributed by atoms with E-state index in [1.54, 1.807) is 6.07 Å². The van der Waals surface area contributed by atoms with E-state index in [0.29, 0.717) is 22.4 Å². The molecule has 0 bridgehead atoms. The molecule has 1 fully saturated rings. The first-order valence-corrected chi connectivity index (χ1v) is 6.24. The quantitative estimate of drug-likeness (QED) is 0.825. The fraction of sp³-hybridized carbons (Fsp3) is 0.545. The number of piperazine rings is 1. The molecule has 94 valence electrons. The van der Waals surface area contributed by atoms with Crippen LogP contribution in [0.1, 0.15) is 24.3 Å². The number of H-pyrrole nitrogens is 1. The number of aromatic nitrogens is 1. The highest BCUT2D eigenvalue weighted by Crippen LogP contribution is 2.25. The lowest BCUT2D eigenvalue weighted by molar-refractivity contribution is 0.0472. The molecule has 1 aromatic rings. The zero-order valence-corrected chi connectivity index (χ0v) is 11.3. The SMILES string of the molecule is CC1(C)CNCCN1C(=O)c1cc(Cl)c(Cl)[nH]1. The molecule has 2 rings (SSSR count). The van der Waals surface area contributed by atoms with E-state index in [4.69, 9.17) is 23.2 Å². The van der Waals surface area contributed by atoms with E-state index in [9.17, 15) is 4.79 Å². The number of rotatable bonds is 1. The van der Waals surface area contributed by atoms with E-state index in [2.05, 4.69) is 10.3 Å². The normalized spacial score (nSPS) is 19.4. The van der Waals surface area contributed by atoms with Crippen LogP contribution >= 0.6 is 23.2 Å². The van der Waals surface area contributed by atoms with Gasteiger partial charge in [0.25, 0.3) is 5.91 Å². The summed E-state index contributed by atoms with van der Waals surface area (Å²) in [5.41, 5.74) is 0.231. The molecular weight excluding hydrogens is 261 g/mol. The molecular formula is C11H15Cl2N3O. The lowest BCUT2D eigenvalue weighted by Gasteiger charge is -2.42. The minimum absolute atomic E-state index is 0.0645. The molecule has 0 atom stereocenters. The Hall–Kier alpha value is -0.710. The van der Waals surface area contributed by atoms with E-state index in [0.717, 1.165) is 13.1 Å². The minimum Gasteiger partial charge on any atom is -0.340 e. The fourth-order valence-electron chi connectivity index (χ4n) is 2.02. The number of halogens is 2. The van der Waals surface area contributed by atoms with Crippen molar-refractivity contribution in [2.24, 2.45) is 0 Å². The van der Waals surface area contributed by atoms with Gasteiger partial charge in [0.2, 0.25) is 0 Å². The number of aromatic amines is 1. The van der Waals surface area contributed by atoms with Crippen LogP contribution in [0.5, 0.6) is 0 Å². The summed E-state index contributed by atoms with van der Waals surface area (Å²) in [5.74, 6) is -0.0645. The van der Waals surface area contributed by atoms with Gasteiger partial charge in [-0.25, -0.2) is 0 Å². The smallest absolute Gasteiger partial charge is 0.270 e. The van der Waals surface area contributed by atoms with Gasteiger partial charge in [-0.15, -0.1) is 0 Å². The van der Waals surface area contributed by atoms with Gasteiger partial charge in [0, 0.05) is 19.6 Å². The molecule has 0 unspecified atom stereocenters. The lowest BCUT2D eigenvalue weighted by Crippen LogP contribution is -2.59. The van der Waals surface area contributed by atoms with E-state index in [1.807, 2.05) is 18.7 Å². The maximum Gasteiger partial charge on any atom is 0.270 e. The van der Waals surface area contributed by atoms with Gasteiger partial charge in [-0.2, -0.15) is 0 Å². The van der Waals surface area contributed by atoms with Crippen LogP contribution in [0.25, 0.3) is 0 Å². The van der Waals surface area contributed by atoms with Gasteiger partial charge in [-0.05, 0) is 19.9 Å². The van der Waals surface area contributed by atoms with E-state index in [-0.39, 0.29) is 11.4 Å². The molecule has 0 spiro atoms. The molecule has 0 saturated carbocycles. The maximum atomic E-state index is 12.3. The van der Waals surface area contributed by atoms with Crippen LogP contribution in [0.4, 0.5) is 0 Å². The summed E-state index contributed by atoms with van der Waals surface area (Å²) in [7, 11) is 0. The molecule has 6 heteroatoms. The summed E-state index contributed by atoms with van der Waals surface area (Å²) in [4.78, 5) is 17.0. The van der Waals surface area contributed by atoms with Crippen molar-refractivity contribution in [1.29, 1.82) is 0 Å². The molecule has 0 aliphatic carbocycles. The zero-order valence-electron chi connectivity index (χ0n) is 9.81. The van der Waals surface area contributed by atoms with Gasteiger partial charge < -0.3 is 15.2 Å². The highest BCUT2D eigenvalue weighted by molar-refractivity contribution is 6.41. The van der Waals surface area contributed by atoms with E-state index in [1.165, 1.54) is 0 Å². The molecule has 0 radical (unpaired) electrons.